The Morgan fingerprint density at radius 3 is 2.96 bits per heavy atom. The molecule has 6 heteroatoms. The van der Waals surface area contributed by atoms with Crippen molar-refractivity contribution < 1.29 is 4.79 Å². The van der Waals surface area contributed by atoms with Gasteiger partial charge in [0, 0.05) is 35.7 Å². The fourth-order valence-electron chi connectivity index (χ4n) is 2.65. The van der Waals surface area contributed by atoms with Crippen LogP contribution in [0.15, 0.2) is 40.1 Å². The highest BCUT2D eigenvalue weighted by Crippen LogP contribution is 2.27. The number of thioether (sulfide) groups is 1. The summed E-state index contributed by atoms with van der Waals surface area (Å²) >= 11 is 3.30. The van der Waals surface area contributed by atoms with Gasteiger partial charge in [-0.25, -0.2) is 4.98 Å². The van der Waals surface area contributed by atoms with Gasteiger partial charge in [0.25, 0.3) is 5.91 Å². The minimum atomic E-state index is 0.154. The van der Waals surface area contributed by atoms with Gasteiger partial charge in [0.1, 0.15) is 0 Å². The van der Waals surface area contributed by atoms with Crippen LogP contribution in [0.5, 0.6) is 0 Å². The molecule has 4 nitrogen and oxygen atoms in total. The molecule has 1 fully saturated rings. The van der Waals surface area contributed by atoms with Crippen LogP contribution in [-0.4, -0.2) is 53.9 Å². The molecule has 1 aliphatic heterocycles. The smallest absolute Gasteiger partial charge is 0.255 e. The Bertz CT molecular complexity index is 645. The SMILES string of the molecule is CN1CCCN(C(=O)c2ccccc2SCc2cscn2)CC1. The molecule has 1 saturated heterocycles. The second-order valence-electron chi connectivity index (χ2n) is 5.71. The molecule has 0 aliphatic carbocycles. The van der Waals surface area contributed by atoms with Crippen molar-refractivity contribution in [2.45, 2.75) is 17.1 Å². The first-order valence-electron chi connectivity index (χ1n) is 7.81. The highest BCUT2D eigenvalue weighted by atomic mass is 32.2. The molecule has 0 N–H and O–H groups in total. The second-order valence-corrected chi connectivity index (χ2v) is 7.45. The van der Waals surface area contributed by atoms with E-state index in [1.165, 1.54) is 0 Å². The summed E-state index contributed by atoms with van der Waals surface area (Å²) in [5, 5.41) is 2.06. The first-order chi connectivity index (χ1) is 11.2. The van der Waals surface area contributed by atoms with Gasteiger partial charge in [0.15, 0.2) is 0 Å². The van der Waals surface area contributed by atoms with Crippen LogP contribution in [0.25, 0.3) is 0 Å². The normalized spacial score (nSPS) is 16.3. The maximum Gasteiger partial charge on any atom is 0.255 e. The van der Waals surface area contributed by atoms with E-state index in [0.717, 1.165) is 54.5 Å². The first-order valence-corrected chi connectivity index (χ1v) is 9.73. The highest BCUT2D eigenvalue weighted by Gasteiger charge is 2.21. The Balaban J connectivity index is 1.72. The van der Waals surface area contributed by atoms with Crippen LogP contribution in [0.2, 0.25) is 0 Å². The molecule has 122 valence electrons. The molecule has 0 bridgehead atoms. The van der Waals surface area contributed by atoms with Crippen molar-refractivity contribution in [3.63, 3.8) is 0 Å². The Hall–Kier alpha value is -1.37. The molecule has 23 heavy (non-hydrogen) atoms. The lowest BCUT2D eigenvalue weighted by Crippen LogP contribution is -2.34. The fourth-order valence-corrected chi connectivity index (χ4v) is 4.26. The predicted octanol–water partition coefficient (Wildman–Crippen LogP) is 3.21. The van der Waals surface area contributed by atoms with Crippen LogP contribution in [0, 0.1) is 0 Å². The predicted molar refractivity (Wildman–Crippen MR) is 96.1 cm³/mol. The van der Waals surface area contributed by atoms with E-state index in [0.29, 0.717) is 0 Å². The Labute approximate surface area is 145 Å². The first kappa shape index (κ1) is 16.5. The van der Waals surface area contributed by atoms with Gasteiger partial charge >= 0.3 is 0 Å². The van der Waals surface area contributed by atoms with E-state index < -0.39 is 0 Å². The molecule has 1 aliphatic rings. The van der Waals surface area contributed by atoms with Gasteiger partial charge in [0.05, 0.1) is 16.8 Å². The number of hydrogen-bond donors (Lipinski definition) is 0. The van der Waals surface area contributed by atoms with E-state index in [2.05, 4.69) is 22.3 Å². The number of hydrogen-bond acceptors (Lipinski definition) is 5. The number of benzene rings is 1. The summed E-state index contributed by atoms with van der Waals surface area (Å²) in [4.78, 5) is 22.6. The number of rotatable bonds is 4. The third-order valence-electron chi connectivity index (χ3n) is 3.98. The molecular formula is C17H21N3OS2. The van der Waals surface area contributed by atoms with E-state index in [9.17, 15) is 4.79 Å². The zero-order valence-corrected chi connectivity index (χ0v) is 14.9. The van der Waals surface area contributed by atoms with Gasteiger partial charge in [-0.2, -0.15) is 0 Å². The molecule has 0 radical (unpaired) electrons. The lowest BCUT2D eigenvalue weighted by atomic mass is 10.2. The number of thiazole rings is 1. The average molecular weight is 348 g/mol. The molecule has 3 rings (SSSR count). The Kier molecular flexibility index (Phi) is 5.70. The van der Waals surface area contributed by atoms with Crippen molar-refractivity contribution in [3.05, 3.63) is 46.4 Å². The third kappa shape index (κ3) is 4.34. The van der Waals surface area contributed by atoms with Crippen molar-refractivity contribution in [2.24, 2.45) is 0 Å². The largest absolute Gasteiger partial charge is 0.337 e. The van der Waals surface area contributed by atoms with Crippen LogP contribution in [-0.2, 0) is 5.75 Å². The maximum absolute atomic E-state index is 12.9. The highest BCUT2D eigenvalue weighted by molar-refractivity contribution is 7.98. The van der Waals surface area contributed by atoms with Gasteiger partial charge < -0.3 is 9.80 Å². The number of carbonyl (C=O) groups excluding carboxylic acids is 1. The van der Waals surface area contributed by atoms with Gasteiger partial charge in [-0.05, 0) is 32.1 Å². The number of aromatic nitrogens is 1. The van der Waals surface area contributed by atoms with Crippen LogP contribution < -0.4 is 0 Å². The number of carbonyl (C=O) groups is 1. The molecule has 1 aromatic heterocycles. The van der Waals surface area contributed by atoms with Gasteiger partial charge in [0.2, 0.25) is 0 Å². The van der Waals surface area contributed by atoms with Crippen molar-refractivity contribution >= 4 is 29.0 Å². The molecule has 2 aromatic rings. The summed E-state index contributed by atoms with van der Waals surface area (Å²) in [5.41, 5.74) is 3.73. The molecule has 0 saturated carbocycles. The Morgan fingerprint density at radius 2 is 2.13 bits per heavy atom. The van der Waals surface area contributed by atoms with E-state index in [1.54, 1.807) is 23.1 Å². The van der Waals surface area contributed by atoms with Gasteiger partial charge in [-0.1, -0.05) is 12.1 Å². The molecule has 0 atom stereocenters. The van der Waals surface area contributed by atoms with E-state index in [1.807, 2.05) is 34.7 Å². The minimum absolute atomic E-state index is 0.154. The standard InChI is InChI=1S/C17H21N3OS2/c1-19-7-4-8-20(10-9-19)17(21)15-5-2-3-6-16(15)23-12-14-11-22-13-18-14/h2-3,5-6,11,13H,4,7-10,12H2,1H3. The summed E-state index contributed by atoms with van der Waals surface area (Å²) in [7, 11) is 2.12. The molecule has 1 aromatic carbocycles. The zero-order valence-electron chi connectivity index (χ0n) is 13.3. The monoisotopic (exact) mass is 347 g/mol. The zero-order chi connectivity index (χ0) is 16.1. The van der Waals surface area contributed by atoms with Gasteiger partial charge in [-0.3, -0.25) is 4.79 Å². The van der Waals surface area contributed by atoms with Crippen molar-refractivity contribution in [2.75, 3.05) is 33.2 Å². The summed E-state index contributed by atoms with van der Waals surface area (Å²) in [6, 6.07) is 7.93. The molecule has 0 unspecified atom stereocenters. The summed E-state index contributed by atoms with van der Waals surface area (Å²) in [6.45, 7) is 3.65. The maximum atomic E-state index is 12.9. The molecule has 0 spiro atoms. The lowest BCUT2D eigenvalue weighted by Gasteiger charge is -2.21. The molecule has 1 amide bonds. The summed E-state index contributed by atoms with van der Waals surface area (Å²) < 4.78 is 0. The molecular weight excluding hydrogens is 326 g/mol. The van der Waals surface area contributed by atoms with Crippen LogP contribution >= 0.6 is 23.1 Å². The van der Waals surface area contributed by atoms with Crippen molar-refractivity contribution in [1.29, 1.82) is 0 Å². The van der Waals surface area contributed by atoms with Gasteiger partial charge in [-0.15, -0.1) is 23.1 Å². The molecule has 2 heterocycles. The van der Waals surface area contributed by atoms with Crippen LogP contribution in [0.3, 0.4) is 0 Å². The fraction of sp³-hybridized carbons (Fsp3) is 0.412. The van der Waals surface area contributed by atoms with Crippen molar-refractivity contribution in [3.8, 4) is 0 Å². The summed E-state index contributed by atoms with van der Waals surface area (Å²) in [6.07, 6.45) is 1.04. The van der Waals surface area contributed by atoms with E-state index >= 15 is 0 Å². The van der Waals surface area contributed by atoms with Crippen LogP contribution in [0.4, 0.5) is 0 Å². The van der Waals surface area contributed by atoms with E-state index in [4.69, 9.17) is 0 Å². The lowest BCUT2D eigenvalue weighted by molar-refractivity contribution is 0.0759. The number of amides is 1. The Morgan fingerprint density at radius 1 is 1.26 bits per heavy atom. The third-order valence-corrected chi connectivity index (χ3v) is 5.73. The number of likely N-dealkylation sites (N-methyl/N-ethyl adjacent to an activating group) is 1. The second kappa shape index (κ2) is 7.95. The van der Waals surface area contributed by atoms with Crippen molar-refractivity contribution in [1.82, 2.24) is 14.8 Å². The van der Waals surface area contributed by atoms with Crippen LogP contribution in [0.1, 0.15) is 22.5 Å². The number of nitrogens with zero attached hydrogens (tertiary/aromatic N) is 3. The minimum Gasteiger partial charge on any atom is -0.337 e. The topological polar surface area (TPSA) is 36.4 Å². The quantitative estimate of drug-likeness (QED) is 0.796. The van der Waals surface area contributed by atoms with E-state index in [-0.39, 0.29) is 5.91 Å². The summed E-state index contributed by atoms with van der Waals surface area (Å²) in [5.74, 6) is 0.956. The average Bonchev–Trinajstić information content (AvgIpc) is 3.00.